The molecule has 0 aromatic heterocycles. The number of carbonyl (C=O) groups is 1. The number of alkyl halides is 1. The maximum atomic E-state index is 12.2. The van der Waals surface area contributed by atoms with Crippen molar-refractivity contribution in [2.45, 2.75) is 44.6 Å². The molecule has 0 saturated carbocycles. The van der Waals surface area contributed by atoms with E-state index in [4.69, 9.17) is 4.74 Å². The van der Waals surface area contributed by atoms with Gasteiger partial charge >= 0.3 is 6.09 Å². The third-order valence-electron chi connectivity index (χ3n) is 3.26. The minimum atomic E-state index is -1.12. The Kier molecular flexibility index (Phi) is 6.33. The molecule has 1 aliphatic heterocycles. The predicted molar refractivity (Wildman–Crippen MR) is 102 cm³/mol. The van der Waals surface area contributed by atoms with Gasteiger partial charge in [-0.15, -0.1) is 11.8 Å². The van der Waals surface area contributed by atoms with E-state index in [1.54, 1.807) is 0 Å². The van der Waals surface area contributed by atoms with Crippen molar-refractivity contribution in [3.8, 4) is 0 Å². The fourth-order valence-electron chi connectivity index (χ4n) is 2.21. The second-order valence-corrected chi connectivity index (χ2v) is 8.30. The van der Waals surface area contributed by atoms with Gasteiger partial charge in [0.2, 0.25) is 0 Å². The highest BCUT2D eigenvalue weighted by atomic mass is 79.9. The number of nitrogens with zero attached hydrogens (tertiary/aromatic N) is 1. The zero-order chi connectivity index (χ0) is 17.8. The Hall–Kier alpha value is -1.05. The van der Waals surface area contributed by atoms with E-state index in [1.807, 2.05) is 51.1 Å². The van der Waals surface area contributed by atoms with E-state index in [0.717, 1.165) is 5.56 Å². The summed E-state index contributed by atoms with van der Waals surface area (Å²) in [5.74, 6) is 0.467. The quantitative estimate of drug-likeness (QED) is 0.724. The van der Waals surface area contributed by atoms with Crippen molar-refractivity contribution in [2.24, 2.45) is 4.99 Å². The molecule has 0 aliphatic carbocycles. The number of hydrogen-bond acceptors (Lipinski definition) is 5. The molecule has 5 nitrogen and oxygen atoms in total. The first-order valence-electron chi connectivity index (χ1n) is 7.75. The number of amides is 1. The van der Waals surface area contributed by atoms with Crippen LogP contribution in [0.3, 0.4) is 0 Å². The van der Waals surface area contributed by atoms with Gasteiger partial charge in [-0.25, -0.2) is 9.79 Å². The van der Waals surface area contributed by atoms with E-state index in [1.165, 1.54) is 11.8 Å². The van der Waals surface area contributed by atoms with E-state index in [9.17, 15) is 9.90 Å². The maximum Gasteiger partial charge on any atom is 0.408 e. The number of aliphatic imine (C=N–C) groups is 1. The van der Waals surface area contributed by atoms with Crippen LogP contribution in [0.15, 0.2) is 35.3 Å². The van der Waals surface area contributed by atoms with Crippen LogP contribution in [0.1, 0.15) is 26.3 Å². The van der Waals surface area contributed by atoms with Crippen LogP contribution in [-0.2, 0) is 11.2 Å². The number of thioether (sulfide) groups is 1. The van der Waals surface area contributed by atoms with E-state index in [0.29, 0.717) is 22.5 Å². The van der Waals surface area contributed by atoms with Gasteiger partial charge in [0.15, 0.2) is 5.72 Å². The molecular formula is C17H23BrN2O3S. The SMILES string of the molecule is CC(C)(C)OC(=O)N[C@@H](Cc1ccccc1)C1=NC(O)(CBr)CS1. The summed E-state index contributed by atoms with van der Waals surface area (Å²) in [6.07, 6.45) is 0.102. The van der Waals surface area contributed by atoms with E-state index >= 15 is 0 Å². The van der Waals surface area contributed by atoms with Gasteiger partial charge in [-0.3, -0.25) is 0 Å². The number of carbonyl (C=O) groups excluding carboxylic acids is 1. The molecule has 1 unspecified atom stereocenters. The monoisotopic (exact) mass is 414 g/mol. The van der Waals surface area contributed by atoms with Crippen molar-refractivity contribution in [3.63, 3.8) is 0 Å². The van der Waals surface area contributed by atoms with Gasteiger partial charge in [0.25, 0.3) is 0 Å². The molecule has 1 aromatic rings. The second kappa shape index (κ2) is 7.89. The fraction of sp³-hybridized carbons (Fsp3) is 0.529. The summed E-state index contributed by atoms with van der Waals surface area (Å²) in [4.78, 5) is 16.6. The number of nitrogens with one attached hydrogen (secondary N) is 1. The Balaban J connectivity index is 2.16. The lowest BCUT2D eigenvalue weighted by Gasteiger charge is -2.23. The Morgan fingerprint density at radius 2 is 2.12 bits per heavy atom. The molecule has 0 bridgehead atoms. The Morgan fingerprint density at radius 1 is 1.46 bits per heavy atom. The van der Waals surface area contributed by atoms with Gasteiger partial charge in [0, 0.05) is 5.75 Å². The van der Waals surface area contributed by atoms with Crippen LogP contribution in [0.5, 0.6) is 0 Å². The molecule has 1 heterocycles. The zero-order valence-electron chi connectivity index (χ0n) is 14.1. The Morgan fingerprint density at radius 3 is 2.67 bits per heavy atom. The molecule has 2 atom stereocenters. The van der Waals surface area contributed by atoms with Crippen molar-refractivity contribution in [2.75, 3.05) is 11.1 Å². The van der Waals surface area contributed by atoms with Crippen molar-refractivity contribution in [1.29, 1.82) is 0 Å². The first kappa shape index (κ1) is 19.3. The minimum Gasteiger partial charge on any atom is -0.444 e. The van der Waals surface area contributed by atoms with E-state index < -0.39 is 17.4 Å². The summed E-state index contributed by atoms with van der Waals surface area (Å²) < 4.78 is 5.36. The van der Waals surface area contributed by atoms with E-state index in [2.05, 4.69) is 26.2 Å². The van der Waals surface area contributed by atoms with Crippen LogP contribution in [0, 0.1) is 0 Å². The standard InChI is InChI=1S/C17H23BrN2O3S/c1-16(2,3)23-15(21)19-13(9-12-7-5-4-6-8-12)14-20-17(22,10-18)11-24-14/h4-8,13,22H,9-11H2,1-3H3,(H,19,21)/t13-,17?/m0/s1. The maximum absolute atomic E-state index is 12.2. The predicted octanol–water partition coefficient (Wildman–Crippen LogP) is 3.35. The average Bonchev–Trinajstić information content (AvgIpc) is 2.89. The second-order valence-electron chi connectivity index (χ2n) is 6.74. The van der Waals surface area contributed by atoms with E-state index in [-0.39, 0.29) is 6.04 Å². The molecule has 2 rings (SSSR count). The van der Waals surface area contributed by atoms with Gasteiger partial charge in [-0.1, -0.05) is 46.3 Å². The highest BCUT2D eigenvalue weighted by molar-refractivity contribution is 9.09. The highest BCUT2D eigenvalue weighted by Crippen LogP contribution is 2.29. The summed E-state index contributed by atoms with van der Waals surface area (Å²) in [7, 11) is 0. The van der Waals surface area contributed by atoms with Crippen molar-refractivity contribution >= 4 is 38.8 Å². The van der Waals surface area contributed by atoms with Crippen LogP contribution in [0.4, 0.5) is 4.79 Å². The number of alkyl carbamates (subject to hydrolysis) is 1. The van der Waals surface area contributed by atoms with Crippen LogP contribution < -0.4 is 5.32 Å². The Labute approximate surface area is 155 Å². The molecule has 2 N–H and O–H groups in total. The molecule has 24 heavy (non-hydrogen) atoms. The van der Waals surface area contributed by atoms with Crippen LogP contribution in [0.25, 0.3) is 0 Å². The van der Waals surface area contributed by atoms with Crippen LogP contribution in [-0.4, -0.2) is 44.7 Å². The lowest BCUT2D eigenvalue weighted by molar-refractivity contribution is 0.0517. The van der Waals surface area contributed by atoms with Gasteiger partial charge in [-0.05, 0) is 32.8 Å². The molecule has 0 radical (unpaired) electrons. The smallest absolute Gasteiger partial charge is 0.408 e. The van der Waals surface area contributed by atoms with Crippen molar-refractivity contribution in [3.05, 3.63) is 35.9 Å². The van der Waals surface area contributed by atoms with Crippen LogP contribution >= 0.6 is 27.7 Å². The fourth-order valence-corrected chi connectivity index (χ4v) is 3.92. The molecule has 1 aliphatic rings. The first-order chi connectivity index (χ1) is 11.2. The van der Waals surface area contributed by atoms with Crippen LogP contribution in [0.2, 0.25) is 0 Å². The third kappa shape index (κ3) is 5.79. The lowest BCUT2D eigenvalue weighted by atomic mass is 10.1. The summed E-state index contributed by atoms with van der Waals surface area (Å²) in [6, 6.07) is 9.53. The van der Waals surface area contributed by atoms with Gasteiger partial charge in [0.05, 0.1) is 16.4 Å². The molecule has 0 fully saturated rings. The molecular weight excluding hydrogens is 392 g/mol. The molecule has 0 spiro atoms. The number of aliphatic hydroxyl groups is 1. The van der Waals surface area contributed by atoms with Crippen molar-refractivity contribution < 1.29 is 14.6 Å². The molecule has 7 heteroatoms. The number of benzene rings is 1. The summed E-state index contributed by atoms with van der Waals surface area (Å²) >= 11 is 4.74. The summed E-state index contributed by atoms with van der Waals surface area (Å²) in [5, 5.41) is 14.3. The summed E-state index contributed by atoms with van der Waals surface area (Å²) in [5.41, 5.74) is -0.608. The molecule has 1 aromatic carbocycles. The molecule has 1 amide bonds. The highest BCUT2D eigenvalue weighted by Gasteiger charge is 2.35. The minimum absolute atomic E-state index is 0.333. The lowest BCUT2D eigenvalue weighted by Crippen LogP contribution is -2.43. The average molecular weight is 415 g/mol. The molecule has 0 saturated heterocycles. The number of rotatable bonds is 5. The topological polar surface area (TPSA) is 70.9 Å². The molecule has 132 valence electrons. The largest absolute Gasteiger partial charge is 0.444 e. The number of hydrogen-bond donors (Lipinski definition) is 2. The van der Waals surface area contributed by atoms with Crippen molar-refractivity contribution in [1.82, 2.24) is 5.32 Å². The summed E-state index contributed by atoms with van der Waals surface area (Å²) in [6.45, 7) is 5.47. The van der Waals surface area contributed by atoms with Gasteiger partial charge in [0.1, 0.15) is 5.60 Å². The normalized spacial score (nSPS) is 22.0. The van der Waals surface area contributed by atoms with Gasteiger partial charge < -0.3 is 15.2 Å². The van der Waals surface area contributed by atoms with Gasteiger partial charge in [-0.2, -0.15) is 0 Å². The number of ether oxygens (including phenoxy) is 1. The zero-order valence-corrected chi connectivity index (χ0v) is 16.5. The number of halogens is 1. The third-order valence-corrected chi connectivity index (χ3v) is 5.43. The Bertz CT molecular complexity index is 604. The first-order valence-corrected chi connectivity index (χ1v) is 9.86.